The maximum atomic E-state index is 13.7. The Kier molecular flexibility index (Phi) is 12.2. The molecule has 0 spiro atoms. The Morgan fingerprint density at radius 1 is 0.577 bits per heavy atom. The number of nitrogens with zero attached hydrogens (tertiary/aromatic N) is 4. The van der Waals surface area contributed by atoms with Gasteiger partial charge in [-0.25, -0.2) is 9.98 Å². The molecule has 52 heavy (non-hydrogen) atoms. The number of aryl methyl sites for hydroxylation is 2. The van der Waals surface area contributed by atoms with Gasteiger partial charge in [-0.05, 0) is 75.2 Å². The van der Waals surface area contributed by atoms with Gasteiger partial charge in [-0.1, -0.05) is 95.3 Å². The molecule has 2 heterocycles. The first-order valence-electron chi connectivity index (χ1n) is 17.2. The molecule has 10 nitrogen and oxygen atoms in total. The Hall–Kier alpha value is -5.20. The molecule has 0 bridgehead atoms. The van der Waals surface area contributed by atoms with E-state index in [1.807, 2.05) is 123 Å². The second-order valence-corrected chi connectivity index (χ2v) is 14.9. The summed E-state index contributed by atoms with van der Waals surface area (Å²) in [5.74, 6) is -0.823. The van der Waals surface area contributed by atoms with Crippen molar-refractivity contribution >= 4 is 80.2 Å². The Morgan fingerprint density at radius 3 is 1.31 bits per heavy atom. The van der Waals surface area contributed by atoms with Crippen LogP contribution in [0.15, 0.2) is 119 Å². The second kappa shape index (κ2) is 17.3. The van der Waals surface area contributed by atoms with Gasteiger partial charge in [-0.15, -0.1) is 0 Å². The number of nitrogens with one attached hydrogen (secondary N) is 2. The van der Waals surface area contributed by atoms with Crippen LogP contribution >= 0.6 is 23.5 Å². The van der Waals surface area contributed by atoms with E-state index >= 15 is 0 Å². The van der Waals surface area contributed by atoms with E-state index in [0.29, 0.717) is 59.0 Å². The number of hydrogen-bond acceptors (Lipinski definition) is 8. The number of unbranched alkanes of at least 4 members (excludes halogenated alkanes) is 1. The third-order valence-corrected chi connectivity index (χ3v) is 10.8. The van der Waals surface area contributed by atoms with Gasteiger partial charge in [0.1, 0.15) is 10.5 Å². The van der Waals surface area contributed by atoms with Gasteiger partial charge in [-0.2, -0.15) is 0 Å². The standard InChI is InChI=1S/C40H40N6O4S2/c1-27-15-19-31(20-16-27)41-35(47)25-33-37(49)45(39(51-33)43-29-11-5-3-6-12-29)23-9-10-24-46-38(50)34(52-40(46)44-30-13-7-4-8-14-30)26-36(48)42-32-21-17-28(2)18-22-32/h3-8,11-22,33-34H,9-10,23-26H2,1-2H3,(H,41,47)(H,42,48)/t33-,34+. The maximum absolute atomic E-state index is 13.7. The van der Waals surface area contributed by atoms with E-state index in [1.54, 1.807) is 9.80 Å². The number of rotatable bonds is 13. The SMILES string of the molecule is Cc1ccc(NC(=O)C[C@@H]2SC(=Nc3ccccc3)N(CCCCN3C(=O)[C@@H](CC(=O)Nc4ccc(C)cc4)SC3=Nc3ccccc3)C2=O)cc1. The molecule has 2 atom stereocenters. The lowest BCUT2D eigenvalue weighted by Crippen LogP contribution is -2.36. The Labute approximate surface area is 312 Å². The minimum absolute atomic E-state index is 0.0133. The number of para-hydroxylation sites is 2. The van der Waals surface area contributed by atoms with E-state index in [9.17, 15) is 19.2 Å². The van der Waals surface area contributed by atoms with Crippen LogP contribution in [0.1, 0.15) is 36.8 Å². The molecular weight excluding hydrogens is 693 g/mol. The minimum Gasteiger partial charge on any atom is -0.326 e. The highest BCUT2D eigenvalue weighted by molar-refractivity contribution is 8.15. The lowest BCUT2D eigenvalue weighted by Gasteiger charge is -2.19. The molecule has 0 radical (unpaired) electrons. The third kappa shape index (κ3) is 9.77. The maximum Gasteiger partial charge on any atom is 0.242 e. The van der Waals surface area contributed by atoms with Crippen LogP contribution in [0.2, 0.25) is 0 Å². The van der Waals surface area contributed by atoms with Crippen molar-refractivity contribution in [3.63, 3.8) is 0 Å². The van der Waals surface area contributed by atoms with Crippen LogP contribution in [0.25, 0.3) is 0 Å². The quantitative estimate of drug-likeness (QED) is 0.136. The highest BCUT2D eigenvalue weighted by atomic mass is 32.2. The molecular formula is C40H40N6O4S2. The molecule has 4 amide bonds. The molecule has 2 saturated heterocycles. The molecule has 0 saturated carbocycles. The summed E-state index contributed by atoms with van der Waals surface area (Å²) < 4.78 is 0. The summed E-state index contributed by atoms with van der Waals surface area (Å²) in [6.45, 7) is 4.70. The van der Waals surface area contributed by atoms with Gasteiger partial charge in [0.05, 0.1) is 11.4 Å². The largest absolute Gasteiger partial charge is 0.326 e. The van der Waals surface area contributed by atoms with Crippen molar-refractivity contribution < 1.29 is 19.2 Å². The highest BCUT2D eigenvalue weighted by Crippen LogP contribution is 2.34. The van der Waals surface area contributed by atoms with Crippen molar-refractivity contribution in [3.05, 3.63) is 120 Å². The van der Waals surface area contributed by atoms with Gasteiger partial charge in [0.2, 0.25) is 23.6 Å². The normalized spacial score (nSPS) is 18.7. The van der Waals surface area contributed by atoms with Gasteiger partial charge in [0, 0.05) is 37.3 Å². The first-order chi connectivity index (χ1) is 25.2. The molecule has 2 fully saturated rings. The van der Waals surface area contributed by atoms with Crippen LogP contribution in [-0.4, -0.2) is 67.4 Å². The topological polar surface area (TPSA) is 124 Å². The monoisotopic (exact) mass is 732 g/mol. The van der Waals surface area contributed by atoms with E-state index in [2.05, 4.69) is 10.6 Å². The Balaban J connectivity index is 1.10. The van der Waals surface area contributed by atoms with Crippen molar-refractivity contribution in [3.8, 4) is 0 Å². The average molecular weight is 733 g/mol. The van der Waals surface area contributed by atoms with Crippen molar-refractivity contribution in [1.82, 2.24) is 9.80 Å². The van der Waals surface area contributed by atoms with E-state index in [1.165, 1.54) is 23.5 Å². The predicted molar refractivity (Wildman–Crippen MR) is 211 cm³/mol. The number of amides is 4. The summed E-state index contributed by atoms with van der Waals surface area (Å²) in [6, 6.07) is 33.9. The fourth-order valence-electron chi connectivity index (χ4n) is 5.66. The zero-order chi connectivity index (χ0) is 36.5. The summed E-state index contributed by atoms with van der Waals surface area (Å²) in [7, 11) is 0. The van der Waals surface area contributed by atoms with Crippen LogP contribution < -0.4 is 10.6 Å². The summed E-state index contributed by atoms with van der Waals surface area (Å²) in [4.78, 5) is 66.2. The van der Waals surface area contributed by atoms with Crippen LogP contribution in [0.4, 0.5) is 22.7 Å². The Bertz CT molecular complexity index is 1810. The lowest BCUT2D eigenvalue weighted by atomic mass is 10.2. The molecule has 0 aliphatic carbocycles. The predicted octanol–water partition coefficient (Wildman–Crippen LogP) is 7.70. The van der Waals surface area contributed by atoms with Gasteiger partial charge >= 0.3 is 0 Å². The van der Waals surface area contributed by atoms with Gasteiger partial charge in [0.25, 0.3) is 0 Å². The van der Waals surface area contributed by atoms with E-state index in [0.717, 1.165) is 11.1 Å². The lowest BCUT2D eigenvalue weighted by molar-refractivity contribution is -0.128. The van der Waals surface area contributed by atoms with Crippen molar-refractivity contribution in [1.29, 1.82) is 0 Å². The summed E-state index contributed by atoms with van der Waals surface area (Å²) in [5.41, 5.74) is 4.97. The second-order valence-electron chi connectivity index (χ2n) is 12.6. The highest BCUT2D eigenvalue weighted by Gasteiger charge is 2.40. The fourth-order valence-corrected chi connectivity index (χ4v) is 8.03. The molecule has 266 valence electrons. The Morgan fingerprint density at radius 2 is 0.942 bits per heavy atom. The molecule has 12 heteroatoms. The van der Waals surface area contributed by atoms with E-state index in [-0.39, 0.29) is 36.5 Å². The van der Waals surface area contributed by atoms with Gasteiger partial charge in [-0.3, -0.25) is 29.0 Å². The van der Waals surface area contributed by atoms with Crippen molar-refractivity contribution in [2.75, 3.05) is 23.7 Å². The van der Waals surface area contributed by atoms with Crippen LogP contribution in [0.5, 0.6) is 0 Å². The average Bonchev–Trinajstić information content (AvgIpc) is 3.58. The summed E-state index contributed by atoms with van der Waals surface area (Å²) in [5, 5.41) is 5.66. The molecule has 4 aromatic rings. The summed E-state index contributed by atoms with van der Waals surface area (Å²) in [6.07, 6.45) is 1.18. The number of aliphatic imine (C=N–C) groups is 2. The number of amidine groups is 2. The molecule has 2 N–H and O–H groups in total. The molecule has 2 aliphatic heterocycles. The van der Waals surface area contributed by atoms with Crippen LogP contribution in [0, 0.1) is 13.8 Å². The summed E-state index contributed by atoms with van der Waals surface area (Å²) >= 11 is 2.59. The minimum atomic E-state index is -0.610. The number of carbonyl (C=O) groups is 4. The number of benzene rings is 4. The smallest absolute Gasteiger partial charge is 0.242 e. The van der Waals surface area contributed by atoms with E-state index < -0.39 is 10.5 Å². The van der Waals surface area contributed by atoms with Crippen LogP contribution in [0.3, 0.4) is 0 Å². The number of carbonyl (C=O) groups excluding carboxylic acids is 4. The number of thioether (sulfide) groups is 2. The third-order valence-electron chi connectivity index (χ3n) is 8.43. The fraction of sp³-hybridized carbons (Fsp3) is 0.250. The zero-order valence-corrected chi connectivity index (χ0v) is 30.7. The molecule has 6 rings (SSSR count). The van der Waals surface area contributed by atoms with Crippen LogP contribution in [-0.2, 0) is 19.2 Å². The van der Waals surface area contributed by atoms with Gasteiger partial charge < -0.3 is 10.6 Å². The number of hydrogen-bond donors (Lipinski definition) is 2. The first-order valence-corrected chi connectivity index (χ1v) is 18.9. The van der Waals surface area contributed by atoms with Crippen molar-refractivity contribution in [2.45, 2.75) is 50.0 Å². The molecule has 4 aromatic carbocycles. The zero-order valence-electron chi connectivity index (χ0n) is 29.0. The van der Waals surface area contributed by atoms with Gasteiger partial charge in [0.15, 0.2) is 10.3 Å². The first kappa shape index (κ1) is 36.6. The number of anilines is 2. The van der Waals surface area contributed by atoms with E-state index in [4.69, 9.17) is 9.98 Å². The van der Waals surface area contributed by atoms with Crippen molar-refractivity contribution in [2.24, 2.45) is 9.98 Å². The molecule has 2 aliphatic rings. The molecule has 0 aromatic heterocycles. The molecule has 0 unspecified atom stereocenters.